The second kappa shape index (κ2) is 7.05. The van der Waals surface area contributed by atoms with Gasteiger partial charge < -0.3 is 4.42 Å². The fourth-order valence-electron chi connectivity index (χ4n) is 3.92. The Morgan fingerprint density at radius 1 is 0.889 bits per heavy atom. The van der Waals surface area contributed by atoms with Crippen LogP contribution in [0.5, 0.6) is 0 Å². The molecule has 136 valence electrons. The minimum absolute atomic E-state index is 0.772. The molecule has 0 saturated carbocycles. The van der Waals surface area contributed by atoms with Gasteiger partial charge in [0.1, 0.15) is 11.3 Å². The molecule has 0 aliphatic carbocycles. The number of hydrogen-bond acceptors (Lipinski definition) is 3. The molecule has 1 aliphatic rings. The molecule has 4 nitrogen and oxygen atoms in total. The van der Waals surface area contributed by atoms with Crippen molar-refractivity contribution >= 4 is 11.0 Å². The van der Waals surface area contributed by atoms with Gasteiger partial charge in [-0.3, -0.25) is 9.58 Å². The first-order chi connectivity index (χ1) is 13.3. The van der Waals surface area contributed by atoms with Gasteiger partial charge in [0.05, 0.1) is 6.54 Å². The van der Waals surface area contributed by atoms with E-state index >= 15 is 0 Å². The van der Waals surface area contributed by atoms with Gasteiger partial charge in [-0.05, 0) is 43.6 Å². The molecule has 0 unspecified atom stereocenters. The summed E-state index contributed by atoms with van der Waals surface area (Å²) in [5, 5.41) is 6.03. The van der Waals surface area contributed by atoms with Crippen LogP contribution >= 0.6 is 0 Å². The molecule has 3 heterocycles. The molecule has 5 rings (SSSR count). The van der Waals surface area contributed by atoms with Crippen molar-refractivity contribution in [2.45, 2.75) is 25.9 Å². The predicted octanol–water partition coefficient (Wildman–Crippen LogP) is 4.94. The van der Waals surface area contributed by atoms with Gasteiger partial charge in [0, 0.05) is 23.7 Å². The third-order valence-electron chi connectivity index (χ3n) is 5.28. The van der Waals surface area contributed by atoms with E-state index in [9.17, 15) is 0 Å². The lowest BCUT2D eigenvalue weighted by atomic mass is 10.2. The maximum atomic E-state index is 6.13. The Morgan fingerprint density at radius 2 is 1.67 bits per heavy atom. The molecular formula is C23H23N3O. The average molecular weight is 357 g/mol. The quantitative estimate of drug-likeness (QED) is 0.507. The Kier molecular flexibility index (Phi) is 4.26. The first kappa shape index (κ1) is 16.3. The largest absolute Gasteiger partial charge is 0.454 e. The Balaban J connectivity index is 1.52. The molecule has 2 aromatic carbocycles. The average Bonchev–Trinajstić information content (AvgIpc) is 3.42. The molecule has 0 amide bonds. The molecule has 27 heavy (non-hydrogen) atoms. The summed E-state index contributed by atoms with van der Waals surface area (Å²) in [6.45, 7) is 4.04. The monoisotopic (exact) mass is 357 g/mol. The topological polar surface area (TPSA) is 34.2 Å². The molecule has 0 atom stereocenters. The SMILES string of the molecule is c1ccc(Cn2cc(CN3CCCC3)c(-c3cc4ccccc4o3)n2)cc1. The fraction of sp³-hybridized carbons (Fsp3) is 0.261. The molecule has 0 radical (unpaired) electrons. The fourth-order valence-corrected chi connectivity index (χ4v) is 3.92. The minimum Gasteiger partial charge on any atom is -0.454 e. The number of furan rings is 1. The number of aromatic nitrogens is 2. The highest BCUT2D eigenvalue weighted by molar-refractivity contribution is 5.82. The standard InChI is InChI=1S/C23H23N3O/c1-2-8-18(9-3-1)15-26-17-20(16-25-12-6-7-13-25)23(24-26)22-14-19-10-4-5-11-21(19)27-22/h1-5,8-11,14,17H,6-7,12-13,15-16H2. The van der Waals surface area contributed by atoms with Gasteiger partial charge in [0.15, 0.2) is 5.76 Å². The number of rotatable bonds is 5. The lowest BCUT2D eigenvalue weighted by Gasteiger charge is -2.13. The Bertz CT molecular complexity index is 1010. The highest BCUT2D eigenvalue weighted by Gasteiger charge is 2.20. The van der Waals surface area contributed by atoms with Crippen molar-refractivity contribution in [1.29, 1.82) is 0 Å². The maximum Gasteiger partial charge on any atom is 0.156 e. The van der Waals surface area contributed by atoms with Gasteiger partial charge in [-0.25, -0.2) is 0 Å². The van der Waals surface area contributed by atoms with Crippen LogP contribution in [0.3, 0.4) is 0 Å². The minimum atomic E-state index is 0.772. The molecule has 0 spiro atoms. The van der Waals surface area contributed by atoms with Crippen LogP contribution < -0.4 is 0 Å². The second-order valence-electron chi connectivity index (χ2n) is 7.32. The van der Waals surface area contributed by atoms with E-state index in [1.165, 1.54) is 37.1 Å². The van der Waals surface area contributed by atoms with Crippen molar-refractivity contribution in [2.24, 2.45) is 0 Å². The van der Waals surface area contributed by atoms with Crippen molar-refractivity contribution in [2.75, 3.05) is 13.1 Å². The van der Waals surface area contributed by atoms with Crippen LogP contribution in [0, 0.1) is 0 Å². The zero-order valence-electron chi connectivity index (χ0n) is 15.3. The normalized spacial score (nSPS) is 15.0. The molecule has 1 saturated heterocycles. The van der Waals surface area contributed by atoms with Crippen molar-refractivity contribution in [1.82, 2.24) is 14.7 Å². The van der Waals surface area contributed by atoms with Crippen LogP contribution in [0.2, 0.25) is 0 Å². The molecule has 4 heteroatoms. The third kappa shape index (κ3) is 3.40. The van der Waals surface area contributed by atoms with E-state index in [0.717, 1.165) is 35.5 Å². The molecular weight excluding hydrogens is 334 g/mol. The lowest BCUT2D eigenvalue weighted by molar-refractivity contribution is 0.331. The molecule has 0 bridgehead atoms. The molecule has 0 N–H and O–H groups in total. The summed E-state index contributed by atoms with van der Waals surface area (Å²) in [6.07, 6.45) is 4.77. The first-order valence-electron chi connectivity index (χ1n) is 9.67. The van der Waals surface area contributed by atoms with Crippen LogP contribution in [0.1, 0.15) is 24.0 Å². The number of benzene rings is 2. The molecule has 1 aliphatic heterocycles. The smallest absolute Gasteiger partial charge is 0.156 e. The summed E-state index contributed by atoms with van der Waals surface area (Å²) >= 11 is 0. The van der Waals surface area contributed by atoms with Gasteiger partial charge in [-0.15, -0.1) is 0 Å². The van der Waals surface area contributed by atoms with E-state index in [-0.39, 0.29) is 0 Å². The molecule has 4 aromatic rings. The summed E-state index contributed by atoms with van der Waals surface area (Å²) in [6, 6.07) is 20.7. The van der Waals surface area contributed by atoms with Crippen LogP contribution in [-0.2, 0) is 13.1 Å². The summed E-state index contributed by atoms with van der Waals surface area (Å²) in [4.78, 5) is 2.51. The van der Waals surface area contributed by atoms with Crippen molar-refractivity contribution < 1.29 is 4.42 Å². The zero-order chi connectivity index (χ0) is 18.1. The number of nitrogens with zero attached hydrogens (tertiary/aromatic N) is 3. The van der Waals surface area contributed by atoms with Crippen molar-refractivity contribution in [3.63, 3.8) is 0 Å². The number of hydrogen-bond donors (Lipinski definition) is 0. The van der Waals surface area contributed by atoms with E-state index in [0.29, 0.717) is 0 Å². The van der Waals surface area contributed by atoms with E-state index in [2.05, 4.69) is 47.5 Å². The lowest BCUT2D eigenvalue weighted by Crippen LogP contribution is -2.18. The van der Waals surface area contributed by atoms with Gasteiger partial charge in [0.2, 0.25) is 0 Å². The Morgan fingerprint density at radius 3 is 2.48 bits per heavy atom. The predicted molar refractivity (Wildman–Crippen MR) is 107 cm³/mol. The second-order valence-corrected chi connectivity index (χ2v) is 7.32. The highest BCUT2D eigenvalue weighted by atomic mass is 16.3. The van der Waals surface area contributed by atoms with E-state index < -0.39 is 0 Å². The van der Waals surface area contributed by atoms with Gasteiger partial charge in [-0.2, -0.15) is 5.10 Å². The zero-order valence-corrected chi connectivity index (χ0v) is 15.3. The Labute approximate surface area is 159 Å². The maximum absolute atomic E-state index is 6.13. The summed E-state index contributed by atoms with van der Waals surface area (Å²) in [5.74, 6) is 0.859. The summed E-state index contributed by atoms with van der Waals surface area (Å²) < 4.78 is 8.17. The summed E-state index contributed by atoms with van der Waals surface area (Å²) in [5.41, 5.74) is 4.38. The van der Waals surface area contributed by atoms with E-state index in [1.807, 2.05) is 28.9 Å². The van der Waals surface area contributed by atoms with Gasteiger partial charge >= 0.3 is 0 Å². The van der Waals surface area contributed by atoms with Gasteiger partial charge in [0.25, 0.3) is 0 Å². The number of likely N-dealkylation sites (tertiary alicyclic amines) is 1. The van der Waals surface area contributed by atoms with Crippen molar-refractivity contribution in [3.8, 4) is 11.5 Å². The summed E-state index contributed by atoms with van der Waals surface area (Å²) in [7, 11) is 0. The molecule has 1 fully saturated rings. The van der Waals surface area contributed by atoms with Crippen LogP contribution in [0.4, 0.5) is 0 Å². The molecule has 2 aromatic heterocycles. The highest BCUT2D eigenvalue weighted by Crippen LogP contribution is 2.30. The van der Waals surface area contributed by atoms with Crippen molar-refractivity contribution in [3.05, 3.63) is 78.0 Å². The van der Waals surface area contributed by atoms with Crippen LogP contribution in [-0.4, -0.2) is 27.8 Å². The van der Waals surface area contributed by atoms with Gasteiger partial charge in [-0.1, -0.05) is 48.5 Å². The number of fused-ring (bicyclic) bond motifs is 1. The van der Waals surface area contributed by atoms with E-state index in [1.54, 1.807) is 0 Å². The van der Waals surface area contributed by atoms with E-state index in [4.69, 9.17) is 9.52 Å². The van der Waals surface area contributed by atoms with Crippen LogP contribution in [0.25, 0.3) is 22.4 Å². The first-order valence-corrected chi connectivity index (χ1v) is 9.67. The van der Waals surface area contributed by atoms with Crippen LogP contribution in [0.15, 0.2) is 71.3 Å². The number of para-hydroxylation sites is 1. The Hall–Kier alpha value is -2.85. The third-order valence-corrected chi connectivity index (χ3v) is 5.28.